The van der Waals surface area contributed by atoms with E-state index in [2.05, 4.69) is 4.99 Å². The SMILES string of the molecule is CC1=NC2C=CC(CO)=CC2O1. The zero-order valence-electron chi connectivity index (χ0n) is 6.90. The maximum absolute atomic E-state index is 8.86. The van der Waals surface area contributed by atoms with Gasteiger partial charge in [-0.15, -0.1) is 0 Å². The Labute approximate surface area is 71.1 Å². The highest BCUT2D eigenvalue weighted by atomic mass is 16.5. The van der Waals surface area contributed by atoms with Crippen LogP contribution in [0.1, 0.15) is 6.92 Å². The smallest absolute Gasteiger partial charge is 0.181 e. The van der Waals surface area contributed by atoms with Crippen molar-refractivity contribution in [1.82, 2.24) is 0 Å². The summed E-state index contributed by atoms with van der Waals surface area (Å²) in [4.78, 5) is 4.26. The Kier molecular flexibility index (Phi) is 1.73. The summed E-state index contributed by atoms with van der Waals surface area (Å²) in [5, 5.41) is 8.86. The van der Waals surface area contributed by atoms with Gasteiger partial charge in [-0.3, -0.25) is 0 Å². The average molecular weight is 165 g/mol. The first kappa shape index (κ1) is 7.55. The minimum Gasteiger partial charge on any atom is -0.471 e. The Hall–Kier alpha value is -1.09. The van der Waals surface area contributed by atoms with Crippen LogP contribution in [0.15, 0.2) is 28.8 Å². The van der Waals surface area contributed by atoms with Gasteiger partial charge < -0.3 is 9.84 Å². The number of aliphatic hydroxyl groups excluding tert-OH is 1. The van der Waals surface area contributed by atoms with Crippen molar-refractivity contribution in [2.45, 2.75) is 19.1 Å². The van der Waals surface area contributed by atoms with E-state index >= 15 is 0 Å². The van der Waals surface area contributed by atoms with Gasteiger partial charge >= 0.3 is 0 Å². The maximum atomic E-state index is 8.86. The van der Waals surface area contributed by atoms with Crippen molar-refractivity contribution in [3.63, 3.8) is 0 Å². The lowest BCUT2D eigenvalue weighted by Gasteiger charge is -2.15. The van der Waals surface area contributed by atoms with Crippen molar-refractivity contribution >= 4 is 5.90 Å². The summed E-state index contributed by atoms with van der Waals surface area (Å²) < 4.78 is 5.41. The van der Waals surface area contributed by atoms with Crippen molar-refractivity contribution in [3.05, 3.63) is 23.8 Å². The number of nitrogens with zero attached hydrogens (tertiary/aromatic N) is 1. The second kappa shape index (κ2) is 2.75. The zero-order valence-corrected chi connectivity index (χ0v) is 6.90. The Morgan fingerprint density at radius 1 is 1.67 bits per heavy atom. The molecule has 2 unspecified atom stereocenters. The summed E-state index contributed by atoms with van der Waals surface area (Å²) in [6.45, 7) is 1.92. The van der Waals surface area contributed by atoms with E-state index in [0.717, 1.165) is 11.5 Å². The van der Waals surface area contributed by atoms with Gasteiger partial charge in [0, 0.05) is 6.92 Å². The standard InChI is InChI=1S/C9H11NO2/c1-6-10-8-3-2-7(5-11)4-9(8)12-6/h2-4,8-9,11H,5H2,1H3. The lowest BCUT2D eigenvalue weighted by Crippen LogP contribution is -2.21. The molecule has 0 aromatic heterocycles. The lowest BCUT2D eigenvalue weighted by molar-refractivity contribution is 0.248. The van der Waals surface area contributed by atoms with Gasteiger partial charge in [-0.05, 0) is 11.6 Å². The van der Waals surface area contributed by atoms with Crippen LogP contribution in [0.5, 0.6) is 0 Å². The van der Waals surface area contributed by atoms with Gasteiger partial charge in [0.05, 0.1) is 6.61 Å². The molecule has 0 radical (unpaired) electrons. The Morgan fingerprint density at radius 2 is 2.50 bits per heavy atom. The average Bonchev–Trinajstić information content (AvgIpc) is 2.43. The zero-order chi connectivity index (χ0) is 8.55. The van der Waals surface area contributed by atoms with Crippen LogP contribution in [0.25, 0.3) is 0 Å². The molecule has 2 rings (SSSR count). The van der Waals surface area contributed by atoms with Gasteiger partial charge in [-0.25, -0.2) is 4.99 Å². The van der Waals surface area contributed by atoms with E-state index in [1.165, 1.54) is 0 Å². The minimum absolute atomic E-state index is 0.0112. The molecule has 0 amide bonds. The Bertz CT molecular complexity index is 278. The first-order valence-corrected chi connectivity index (χ1v) is 4.00. The molecule has 2 aliphatic rings. The predicted octanol–water partition coefficient (Wildman–Crippen LogP) is 0.661. The molecule has 64 valence electrons. The van der Waals surface area contributed by atoms with Gasteiger partial charge in [-0.2, -0.15) is 0 Å². The number of aliphatic imine (C=N–C) groups is 1. The third-order valence-electron chi connectivity index (χ3n) is 2.04. The molecule has 1 aliphatic heterocycles. The van der Waals surface area contributed by atoms with Crippen LogP contribution in [-0.4, -0.2) is 29.8 Å². The van der Waals surface area contributed by atoms with Gasteiger partial charge in [-0.1, -0.05) is 12.2 Å². The molecule has 3 heteroatoms. The fourth-order valence-electron chi connectivity index (χ4n) is 1.46. The highest BCUT2D eigenvalue weighted by Crippen LogP contribution is 2.21. The molecule has 2 atom stereocenters. The van der Waals surface area contributed by atoms with Crippen molar-refractivity contribution in [2.24, 2.45) is 4.99 Å². The highest BCUT2D eigenvalue weighted by Gasteiger charge is 2.27. The topological polar surface area (TPSA) is 41.8 Å². The number of aliphatic hydroxyl groups is 1. The molecule has 1 N–H and O–H groups in total. The summed E-state index contributed by atoms with van der Waals surface area (Å²) in [5.41, 5.74) is 0.904. The van der Waals surface area contributed by atoms with Gasteiger partial charge in [0.1, 0.15) is 12.1 Å². The van der Waals surface area contributed by atoms with Crippen LogP contribution < -0.4 is 0 Å². The number of hydrogen-bond donors (Lipinski definition) is 1. The van der Waals surface area contributed by atoms with Crippen LogP contribution in [0, 0.1) is 0 Å². The van der Waals surface area contributed by atoms with E-state index in [1.807, 2.05) is 25.2 Å². The summed E-state index contributed by atoms with van der Waals surface area (Å²) in [5.74, 6) is 0.727. The molecule has 12 heavy (non-hydrogen) atoms. The van der Waals surface area contributed by atoms with E-state index < -0.39 is 0 Å². The van der Waals surface area contributed by atoms with Crippen LogP contribution in [0.4, 0.5) is 0 Å². The van der Waals surface area contributed by atoms with E-state index in [-0.39, 0.29) is 18.8 Å². The van der Waals surface area contributed by atoms with Gasteiger partial charge in [0.2, 0.25) is 0 Å². The number of rotatable bonds is 1. The maximum Gasteiger partial charge on any atom is 0.181 e. The fraction of sp³-hybridized carbons (Fsp3) is 0.444. The Balaban J connectivity index is 2.18. The van der Waals surface area contributed by atoms with Crippen LogP contribution >= 0.6 is 0 Å². The van der Waals surface area contributed by atoms with Gasteiger partial charge in [0.15, 0.2) is 5.90 Å². The quantitative estimate of drug-likeness (QED) is 0.620. The molecular formula is C9H11NO2. The van der Waals surface area contributed by atoms with Crippen molar-refractivity contribution < 1.29 is 9.84 Å². The second-order valence-corrected chi connectivity index (χ2v) is 2.98. The summed E-state index contributed by atoms with van der Waals surface area (Å²) in [6, 6.07) is 0.125. The van der Waals surface area contributed by atoms with Crippen molar-refractivity contribution in [1.29, 1.82) is 0 Å². The number of ether oxygens (including phenoxy) is 1. The third-order valence-corrected chi connectivity index (χ3v) is 2.04. The molecule has 0 aromatic carbocycles. The number of hydrogen-bond acceptors (Lipinski definition) is 3. The molecule has 0 bridgehead atoms. The first-order chi connectivity index (χ1) is 5.79. The summed E-state index contributed by atoms with van der Waals surface area (Å²) in [6.07, 6.45) is 5.79. The predicted molar refractivity (Wildman–Crippen MR) is 46.1 cm³/mol. The van der Waals surface area contributed by atoms with E-state index in [1.54, 1.807) is 0 Å². The van der Waals surface area contributed by atoms with E-state index in [0.29, 0.717) is 0 Å². The largest absolute Gasteiger partial charge is 0.471 e. The molecule has 0 fully saturated rings. The molecule has 0 spiro atoms. The minimum atomic E-state index is 0.0112. The lowest BCUT2D eigenvalue weighted by atomic mass is 10.0. The van der Waals surface area contributed by atoms with Crippen LogP contribution in [0.2, 0.25) is 0 Å². The number of fused-ring (bicyclic) bond motifs is 1. The van der Waals surface area contributed by atoms with Crippen LogP contribution in [-0.2, 0) is 4.74 Å². The molecule has 1 heterocycles. The summed E-state index contributed by atoms with van der Waals surface area (Å²) in [7, 11) is 0. The molecule has 0 aromatic rings. The Morgan fingerprint density at radius 3 is 3.25 bits per heavy atom. The fourth-order valence-corrected chi connectivity index (χ4v) is 1.46. The normalized spacial score (nSPS) is 32.2. The van der Waals surface area contributed by atoms with E-state index in [4.69, 9.17) is 9.84 Å². The third kappa shape index (κ3) is 1.16. The highest BCUT2D eigenvalue weighted by molar-refractivity contribution is 5.76. The molecule has 1 aliphatic carbocycles. The summed E-state index contributed by atoms with van der Waals surface area (Å²) >= 11 is 0. The van der Waals surface area contributed by atoms with Gasteiger partial charge in [0.25, 0.3) is 0 Å². The van der Waals surface area contributed by atoms with E-state index in [9.17, 15) is 0 Å². The van der Waals surface area contributed by atoms with Crippen molar-refractivity contribution in [3.8, 4) is 0 Å². The molecule has 0 saturated heterocycles. The van der Waals surface area contributed by atoms with Crippen LogP contribution in [0.3, 0.4) is 0 Å². The molecular weight excluding hydrogens is 154 g/mol. The molecule has 0 saturated carbocycles. The second-order valence-electron chi connectivity index (χ2n) is 2.98. The monoisotopic (exact) mass is 165 g/mol. The molecule has 3 nitrogen and oxygen atoms in total. The van der Waals surface area contributed by atoms with Crippen molar-refractivity contribution in [2.75, 3.05) is 6.61 Å². The first-order valence-electron chi connectivity index (χ1n) is 4.00.